The molecule has 106 valence electrons. The third-order valence-electron chi connectivity index (χ3n) is 3.13. The van der Waals surface area contributed by atoms with E-state index in [9.17, 15) is 4.79 Å². The molecule has 1 atom stereocenters. The number of carbonyl (C=O) groups excluding carboxylic acids is 1. The van der Waals surface area contributed by atoms with Gasteiger partial charge in [-0.25, -0.2) is 0 Å². The second-order valence-corrected chi connectivity index (χ2v) is 5.54. The average molecular weight is 263 g/mol. The summed E-state index contributed by atoms with van der Waals surface area (Å²) in [5.74, 6) is 0.289. The Hall–Kier alpha value is -1.71. The van der Waals surface area contributed by atoms with E-state index in [0.717, 1.165) is 18.0 Å². The van der Waals surface area contributed by atoms with Crippen molar-refractivity contribution in [3.8, 4) is 0 Å². The molecule has 0 saturated heterocycles. The summed E-state index contributed by atoms with van der Waals surface area (Å²) < 4.78 is 0. The third kappa shape index (κ3) is 5.20. The average Bonchev–Trinajstić information content (AvgIpc) is 2.27. The van der Waals surface area contributed by atoms with Crippen LogP contribution in [0.1, 0.15) is 50.4 Å². The first-order valence-electron chi connectivity index (χ1n) is 6.86. The monoisotopic (exact) mass is 263 g/mol. The van der Waals surface area contributed by atoms with E-state index < -0.39 is 5.91 Å². The van der Waals surface area contributed by atoms with Crippen molar-refractivity contribution < 1.29 is 4.79 Å². The number of amides is 1. The van der Waals surface area contributed by atoms with Gasteiger partial charge in [0.1, 0.15) is 0 Å². The van der Waals surface area contributed by atoms with Crippen molar-refractivity contribution in [1.29, 1.82) is 0 Å². The van der Waals surface area contributed by atoms with Gasteiger partial charge in [0.2, 0.25) is 0 Å². The Morgan fingerprint density at radius 1 is 1.26 bits per heavy atom. The lowest BCUT2D eigenvalue weighted by Gasteiger charge is -2.18. The van der Waals surface area contributed by atoms with Crippen molar-refractivity contribution in [2.75, 3.05) is 11.1 Å². The number of primary amides is 1. The van der Waals surface area contributed by atoms with Crippen LogP contribution in [0.15, 0.2) is 18.2 Å². The van der Waals surface area contributed by atoms with Gasteiger partial charge >= 0.3 is 0 Å². The lowest BCUT2D eigenvalue weighted by Crippen LogP contribution is -2.20. The predicted octanol–water partition coefficient (Wildman–Crippen LogP) is 2.99. The standard InChI is InChI=1S/C15H25N3O/c1-10(2)5-4-6-11(3)18-14-9-12(16)7-8-13(14)15(17)19/h7-11,18H,4-6,16H2,1-3H3,(H2,17,19). The molecule has 4 heteroatoms. The van der Waals surface area contributed by atoms with E-state index in [1.165, 1.54) is 12.8 Å². The molecule has 0 aliphatic rings. The number of rotatable bonds is 7. The van der Waals surface area contributed by atoms with Crippen LogP contribution < -0.4 is 16.8 Å². The normalized spacial score (nSPS) is 12.4. The largest absolute Gasteiger partial charge is 0.399 e. The molecule has 1 aromatic carbocycles. The molecule has 0 fully saturated rings. The van der Waals surface area contributed by atoms with Gasteiger partial charge in [0.25, 0.3) is 5.91 Å². The van der Waals surface area contributed by atoms with E-state index in [1.807, 2.05) is 0 Å². The highest BCUT2D eigenvalue weighted by Crippen LogP contribution is 2.21. The summed E-state index contributed by atoms with van der Waals surface area (Å²) in [4.78, 5) is 11.4. The molecule has 0 aliphatic heterocycles. The van der Waals surface area contributed by atoms with E-state index in [2.05, 4.69) is 26.1 Å². The molecule has 0 saturated carbocycles. The van der Waals surface area contributed by atoms with Gasteiger partial charge in [-0.1, -0.05) is 26.7 Å². The van der Waals surface area contributed by atoms with Gasteiger partial charge < -0.3 is 16.8 Å². The molecule has 0 aromatic heterocycles. The highest BCUT2D eigenvalue weighted by atomic mass is 16.1. The van der Waals surface area contributed by atoms with Crippen LogP contribution >= 0.6 is 0 Å². The number of hydrogen-bond donors (Lipinski definition) is 3. The van der Waals surface area contributed by atoms with E-state index in [0.29, 0.717) is 17.3 Å². The maximum absolute atomic E-state index is 11.4. The number of hydrogen-bond acceptors (Lipinski definition) is 3. The second-order valence-electron chi connectivity index (χ2n) is 5.54. The predicted molar refractivity (Wildman–Crippen MR) is 81.1 cm³/mol. The fourth-order valence-corrected chi connectivity index (χ4v) is 2.07. The summed E-state index contributed by atoms with van der Waals surface area (Å²) in [5.41, 5.74) is 13.0. The molecular weight excluding hydrogens is 238 g/mol. The fraction of sp³-hybridized carbons (Fsp3) is 0.533. The quantitative estimate of drug-likeness (QED) is 0.661. The molecule has 5 N–H and O–H groups in total. The smallest absolute Gasteiger partial charge is 0.250 e. The first-order chi connectivity index (χ1) is 8.90. The fourth-order valence-electron chi connectivity index (χ4n) is 2.07. The Morgan fingerprint density at radius 2 is 1.95 bits per heavy atom. The van der Waals surface area contributed by atoms with Crippen LogP contribution in [0, 0.1) is 5.92 Å². The van der Waals surface area contributed by atoms with Crippen molar-refractivity contribution >= 4 is 17.3 Å². The maximum Gasteiger partial charge on any atom is 0.250 e. The topological polar surface area (TPSA) is 81.1 Å². The lowest BCUT2D eigenvalue weighted by molar-refractivity contribution is 0.100. The summed E-state index contributed by atoms with van der Waals surface area (Å²) in [6.07, 6.45) is 3.44. The first-order valence-corrected chi connectivity index (χ1v) is 6.86. The zero-order chi connectivity index (χ0) is 14.4. The molecule has 0 spiro atoms. The molecular formula is C15H25N3O. The van der Waals surface area contributed by atoms with Crippen molar-refractivity contribution in [3.63, 3.8) is 0 Å². The molecule has 0 bridgehead atoms. The maximum atomic E-state index is 11.4. The van der Waals surface area contributed by atoms with E-state index >= 15 is 0 Å². The van der Waals surface area contributed by atoms with Crippen molar-refractivity contribution in [1.82, 2.24) is 0 Å². The number of nitrogens with two attached hydrogens (primary N) is 2. The molecule has 1 amide bonds. The van der Waals surface area contributed by atoms with Crippen LogP contribution in [0.25, 0.3) is 0 Å². The molecule has 0 radical (unpaired) electrons. The Balaban J connectivity index is 2.65. The minimum atomic E-state index is -0.433. The summed E-state index contributed by atoms with van der Waals surface area (Å²) in [6.45, 7) is 6.55. The SMILES string of the molecule is CC(C)CCCC(C)Nc1cc(N)ccc1C(N)=O. The molecule has 1 rings (SSSR count). The van der Waals surface area contributed by atoms with Gasteiger partial charge in [-0.15, -0.1) is 0 Å². The van der Waals surface area contributed by atoms with E-state index in [1.54, 1.807) is 18.2 Å². The molecule has 4 nitrogen and oxygen atoms in total. The highest BCUT2D eigenvalue weighted by Gasteiger charge is 2.11. The number of nitrogen functional groups attached to an aromatic ring is 1. The minimum Gasteiger partial charge on any atom is -0.399 e. The van der Waals surface area contributed by atoms with Gasteiger partial charge in [0, 0.05) is 17.4 Å². The van der Waals surface area contributed by atoms with Crippen LogP contribution in [0.4, 0.5) is 11.4 Å². The minimum absolute atomic E-state index is 0.290. The van der Waals surface area contributed by atoms with E-state index in [4.69, 9.17) is 11.5 Å². The lowest BCUT2D eigenvalue weighted by atomic mass is 10.0. The Kier molecular flexibility index (Phi) is 5.67. The Morgan fingerprint density at radius 3 is 2.53 bits per heavy atom. The van der Waals surface area contributed by atoms with Crippen LogP contribution in [0.2, 0.25) is 0 Å². The van der Waals surface area contributed by atoms with E-state index in [-0.39, 0.29) is 0 Å². The summed E-state index contributed by atoms with van der Waals surface area (Å²) in [6, 6.07) is 5.41. The summed E-state index contributed by atoms with van der Waals surface area (Å²) >= 11 is 0. The third-order valence-corrected chi connectivity index (χ3v) is 3.13. The van der Waals surface area contributed by atoms with Gasteiger partial charge in [0.15, 0.2) is 0 Å². The number of anilines is 2. The zero-order valence-corrected chi connectivity index (χ0v) is 12.1. The molecule has 0 aliphatic carbocycles. The Bertz CT molecular complexity index is 429. The van der Waals surface area contributed by atoms with Crippen LogP contribution in [0.5, 0.6) is 0 Å². The molecule has 1 unspecified atom stereocenters. The van der Waals surface area contributed by atoms with Crippen LogP contribution in [0.3, 0.4) is 0 Å². The van der Waals surface area contributed by atoms with Crippen LogP contribution in [-0.2, 0) is 0 Å². The van der Waals surface area contributed by atoms with Crippen molar-refractivity contribution in [2.24, 2.45) is 11.7 Å². The van der Waals surface area contributed by atoms with Crippen molar-refractivity contribution in [3.05, 3.63) is 23.8 Å². The highest BCUT2D eigenvalue weighted by molar-refractivity contribution is 5.99. The number of benzene rings is 1. The van der Waals surface area contributed by atoms with Gasteiger partial charge in [-0.3, -0.25) is 4.79 Å². The van der Waals surface area contributed by atoms with Gasteiger partial charge in [-0.05, 0) is 37.5 Å². The van der Waals surface area contributed by atoms with Crippen molar-refractivity contribution in [2.45, 2.75) is 46.1 Å². The Labute approximate surface area is 115 Å². The summed E-state index contributed by atoms with van der Waals surface area (Å²) in [5, 5.41) is 3.33. The zero-order valence-electron chi connectivity index (χ0n) is 12.1. The molecule has 0 heterocycles. The molecule has 19 heavy (non-hydrogen) atoms. The van der Waals surface area contributed by atoms with Gasteiger partial charge in [0.05, 0.1) is 5.56 Å². The number of carbonyl (C=O) groups is 1. The number of nitrogens with one attached hydrogen (secondary N) is 1. The second kappa shape index (κ2) is 7.02. The summed E-state index contributed by atoms with van der Waals surface area (Å²) in [7, 11) is 0. The van der Waals surface area contributed by atoms with Crippen LogP contribution in [-0.4, -0.2) is 11.9 Å². The van der Waals surface area contributed by atoms with Gasteiger partial charge in [-0.2, -0.15) is 0 Å². The first kappa shape index (κ1) is 15.3. The molecule has 1 aromatic rings.